The molecule has 97 heavy (non-hydrogen) atoms. The van der Waals surface area contributed by atoms with E-state index in [1.165, 1.54) is 340 Å². The molecule has 2 atom stereocenters. The number of rotatable bonds is 80. The molecule has 9 heteroatoms. The fraction of sp³-hybridized carbons (Fsp3) is 0.852. The Morgan fingerprint density at radius 2 is 0.557 bits per heavy atom. The Hall–Kier alpha value is -3.01. The Morgan fingerprint density at radius 3 is 0.825 bits per heavy atom. The molecular weight excluding hydrogens is 1200 g/mol. The zero-order valence-electron chi connectivity index (χ0n) is 65.2. The summed E-state index contributed by atoms with van der Waals surface area (Å²) in [7, 11) is 5.95. The fourth-order valence-corrected chi connectivity index (χ4v) is 12.8. The zero-order valence-corrected chi connectivity index (χ0v) is 65.2. The lowest BCUT2D eigenvalue weighted by molar-refractivity contribution is -0.870. The number of likely N-dealkylation sites (N-methyl/N-ethyl adjacent to an activating group) is 1. The largest absolute Gasteiger partial charge is 0.545 e. The topological polar surface area (TPSA) is 111 Å². The number of carbonyl (C=O) groups excluding carboxylic acids is 3. The maximum Gasteiger partial charge on any atom is 0.306 e. The van der Waals surface area contributed by atoms with E-state index in [4.69, 9.17) is 18.9 Å². The molecule has 568 valence electrons. The molecule has 2 unspecified atom stereocenters. The summed E-state index contributed by atoms with van der Waals surface area (Å²) < 4.78 is 22.9. The van der Waals surface area contributed by atoms with Crippen molar-refractivity contribution < 1.29 is 42.9 Å². The summed E-state index contributed by atoms with van der Waals surface area (Å²) in [5.74, 6) is -2.25. The van der Waals surface area contributed by atoms with E-state index < -0.39 is 24.3 Å². The predicted octanol–water partition coefficient (Wildman–Crippen LogP) is 26.0. The summed E-state index contributed by atoms with van der Waals surface area (Å²) >= 11 is 0. The van der Waals surface area contributed by atoms with Crippen molar-refractivity contribution in [3.05, 3.63) is 60.8 Å². The molecule has 0 rings (SSSR count). The van der Waals surface area contributed by atoms with Gasteiger partial charge in [-0.15, -0.1) is 0 Å². The molecule has 0 N–H and O–H groups in total. The summed E-state index contributed by atoms with van der Waals surface area (Å²) in [6.45, 7) is 4.80. The van der Waals surface area contributed by atoms with Crippen molar-refractivity contribution in [2.75, 3.05) is 47.5 Å². The molecule has 0 aliphatic rings. The average Bonchev–Trinajstić information content (AvgIpc) is 2.39. The molecule has 0 saturated carbocycles. The van der Waals surface area contributed by atoms with Gasteiger partial charge >= 0.3 is 11.9 Å². The highest BCUT2D eigenvalue weighted by Crippen LogP contribution is 2.20. The standard InChI is InChI=1S/C88H163NO8/c1-6-8-10-12-14-16-18-20-22-24-26-28-30-32-34-36-38-40-41-42-43-44-45-47-49-51-53-55-57-59-61-63-65-67-69-71-73-75-77-79-86(91)97-84(83-96-88(87(92)93)94-81-80-89(3,4)5)82-95-85(90)78-76-74-72-70-68-66-64-62-60-58-56-54-52-50-48-46-39-37-35-33-31-29-27-25-23-21-19-17-15-13-11-9-7-2/h18-21,24-27,30,32,84,88H,6-17,22-23,28-29,31,33-83H2,1-5H3/b20-18-,21-19-,26-24-,27-25-,32-30-. The van der Waals surface area contributed by atoms with Gasteiger partial charge in [-0.05, 0) is 83.5 Å². The molecule has 0 spiro atoms. The summed E-state index contributed by atoms with van der Waals surface area (Å²) in [4.78, 5) is 37.6. The summed E-state index contributed by atoms with van der Waals surface area (Å²) in [6, 6.07) is 0. The van der Waals surface area contributed by atoms with Crippen LogP contribution < -0.4 is 5.11 Å². The lowest BCUT2D eigenvalue weighted by Crippen LogP contribution is -2.44. The van der Waals surface area contributed by atoms with Crippen molar-refractivity contribution in [1.82, 2.24) is 0 Å². The maximum absolute atomic E-state index is 13.0. The van der Waals surface area contributed by atoms with Crippen LogP contribution in [-0.2, 0) is 33.3 Å². The van der Waals surface area contributed by atoms with Crippen LogP contribution in [0, 0.1) is 0 Å². The molecule has 0 aromatic rings. The van der Waals surface area contributed by atoms with Crippen molar-refractivity contribution >= 4 is 17.9 Å². The van der Waals surface area contributed by atoms with Gasteiger partial charge in [0.1, 0.15) is 13.2 Å². The van der Waals surface area contributed by atoms with E-state index >= 15 is 0 Å². The summed E-state index contributed by atoms with van der Waals surface area (Å²) in [6.07, 6.45) is 102. The molecule has 0 bridgehead atoms. The first-order valence-corrected chi connectivity index (χ1v) is 42.4. The van der Waals surface area contributed by atoms with Gasteiger partial charge in [0.05, 0.1) is 40.3 Å². The molecule has 0 aliphatic carbocycles. The summed E-state index contributed by atoms with van der Waals surface area (Å²) in [5, 5.41) is 11.9. The molecule has 0 fully saturated rings. The van der Waals surface area contributed by atoms with Crippen molar-refractivity contribution in [3.8, 4) is 0 Å². The number of carbonyl (C=O) groups is 3. The first-order chi connectivity index (χ1) is 47.6. The van der Waals surface area contributed by atoms with Crippen LogP contribution in [0.15, 0.2) is 60.8 Å². The Labute approximate surface area is 603 Å². The quantitative estimate of drug-likeness (QED) is 0.0195. The van der Waals surface area contributed by atoms with Gasteiger partial charge in [-0.3, -0.25) is 9.59 Å². The van der Waals surface area contributed by atoms with E-state index in [0.717, 1.165) is 57.8 Å². The number of carboxylic acid groups (broad SMARTS) is 1. The molecule has 0 amide bonds. The number of aliphatic carboxylic acids is 1. The Morgan fingerprint density at radius 1 is 0.309 bits per heavy atom. The fourth-order valence-electron chi connectivity index (χ4n) is 12.8. The lowest BCUT2D eigenvalue weighted by Gasteiger charge is -2.26. The number of nitrogens with zero attached hydrogens (tertiary/aromatic N) is 1. The molecule has 9 nitrogen and oxygen atoms in total. The highest BCUT2D eigenvalue weighted by Gasteiger charge is 2.22. The first kappa shape index (κ1) is 94.0. The third-order valence-corrected chi connectivity index (χ3v) is 19.2. The van der Waals surface area contributed by atoms with Crippen LogP contribution in [0.25, 0.3) is 0 Å². The predicted molar refractivity (Wildman–Crippen MR) is 417 cm³/mol. The van der Waals surface area contributed by atoms with E-state index in [2.05, 4.69) is 74.6 Å². The first-order valence-electron chi connectivity index (χ1n) is 42.4. The van der Waals surface area contributed by atoms with Crippen LogP contribution in [0.1, 0.15) is 425 Å². The molecular formula is C88H163NO8. The van der Waals surface area contributed by atoms with Crippen molar-refractivity contribution in [2.45, 2.75) is 437 Å². The van der Waals surface area contributed by atoms with E-state index in [1.807, 2.05) is 21.1 Å². The highest BCUT2D eigenvalue weighted by molar-refractivity contribution is 5.70. The van der Waals surface area contributed by atoms with Crippen molar-refractivity contribution in [2.24, 2.45) is 0 Å². The number of carboxylic acids is 1. The molecule has 0 aromatic carbocycles. The highest BCUT2D eigenvalue weighted by atomic mass is 16.7. The number of esters is 2. The monoisotopic (exact) mass is 1360 g/mol. The minimum atomic E-state index is -1.62. The second-order valence-corrected chi connectivity index (χ2v) is 30.1. The van der Waals surface area contributed by atoms with Gasteiger partial charge in [-0.1, -0.05) is 389 Å². The number of allylic oxidation sites excluding steroid dienone is 10. The third-order valence-electron chi connectivity index (χ3n) is 19.2. The van der Waals surface area contributed by atoms with Crippen LogP contribution >= 0.6 is 0 Å². The SMILES string of the molecule is CCCCCCC/C=C\C/C=C\C/C=C\CCCCCCCCCCCCCCCCCCCCCCCCCCC(=O)OC(COC(=O)CCCCCCCCCCCCCCCCCCCCCCC/C=C\C/C=C\CCCCCCC)COC(OCC[N+](C)(C)C)C(=O)[O-]. The van der Waals surface area contributed by atoms with Crippen LogP contribution in [0.5, 0.6) is 0 Å². The van der Waals surface area contributed by atoms with Crippen LogP contribution in [0.2, 0.25) is 0 Å². The van der Waals surface area contributed by atoms with E-state index in [1.54, 1.807) is 0 Å². The molecule has 0 aliphatic heterocycles. The zero-order chi connectivity index (χ0) is 70.4. The van der Waals surface area contributed by atoms with Crippen LogP contribution in [-0.4, -0.2) is 82.3 Å². The number of hydrogen-bond donors (Lipinski definition) is 0. The smallest absolute Gasteiger partial charge is 0.306 e. The van der Waals surface area contributed by atoms with Gasteiger partial charge in [-0.25, -0.2) is 0 Å². The summed E-state index contributed by atoms with van der Waals surface area (Å²) in [5.41, 5.74) is 0. The normalized spacial score (nSPS) is 12.9. The van der Waals surface area contributed by atoms with Gasteiger partial charge in [0, 0.05) is 12.8 Å². The number of unbranched alkanes of at least 4 members (excludes halogenated alkanes) is 55. The lowest BCUT2D eigenvalue weighted by atomic mass is 10.0. The van der Waals surface area contributed by atoms with Gasteiger partial charge in [-0.2, -0.15) is 0 Å². The van der Waals surface area contributed by atoms with Crippen molar-refractivity contribution in [3.63, 3.8) is 0 Å². The van der Waals surface area contributed by atoms with Gasteiger partial charge in [0.2, 0.25) is 0 Å². The minimum Gasteiger partial charge on any atom is -0.545 e. The third kappa shape index (κ3) is 80.2. The maximum atomic E-state index is 13.0. The van der Waals surface area contributed by atoms with Crippen molar-refractivity contribution in [1.29, 1.82) is 0 Å². The number of quaternary nitrogens is 1. The Bertz CT molecular complexity index is 1780. The van der Waals surface area contributed by atoms with E-state index in [-0.39, 0.29) is 32.2 Å². The van der Waals surface area contributed by atoms with Gasteiger partial charge in [0.25, 0.3) is 0 Å². The minimum absolute atomic E-state index is 0.150. The number of ether oxygens (including phenoxy) is 4. The van der Waals surface area contributed by atoms with E-state index in [0.29, 0.717) is 17.4 Å². The Balaban J connectivity index is 3.94. The molecule has 0 heterocycles. The molecule has 0 aromatic heterocycles. The van der Waals surface area contributed by atoms with Gasteiger partial charge in [0.15, 0.2) is 12.4 Å². The second kappa shape index (κ2) is 78.7. The molecule has 0 radical (unpaired) electrons. The van der Waals surface area contributed by atoms with Gasteiger partial charge < -0.3 is 33.3 Å². The Kier molecular flexibility index (Phi) is 76.3. The van der Waals surface area contributed by atoms with Crippen LogP contribution in [0.4, 0.5) is 0 Å². The van der Waals surface area contributed by atoms with Crippen LogP contribution in [0.3, 0.4) is 0 Å². The molecule has 0 saturated heterocycles. The van der Waals surface area contributed by atoms with E-state index in [9.17, 15) is 19.5 Å². The average molecular weight is 1360 g/mol. The number of hydrogen-bond acceptors (Lipinski definition) is 8. The second-order valence-electron chi connectivity index (χ2n) is 30.1.